The number of hydrogen-bond donors (Lipinski definition) is 0. The summed E-state index contributed by atoms with van der Waals surface area (Å²) in [5, 5.41) is 0. The predicted octanol–water partition coefficient (Wildman–Crippen LogP) is 2.30. The zero-order valence-electron chi connectivity index (χ0n) is 9.60. The largest absolute Gasteiger partial charge is 0.497 e. The third kappa shape index (κ3) is 2.25. The lowest BCUT2D eigenvalue weighted by Crippen LogP contribution is -2.14. The first-order valence-electron chi connectivity index (χ1n) is 5.50. The molecule has 2 atom stereocenters. The maximum absolute atomic E-state index is 12.1. The lowest BCUT2D eigenvalue weighted by atomic mass is 9.95. The van der Waals surface area contributed by atoms with Crippen molar-refractivity contribution in [3.8, 4) is 5.75 Å². The molecule has 1 heterocycles. The number of methoxy groups -OCH3 is 1. The molecule has 0 aromatic heterocycles. The number of benzene rings is 1. The highest BCUT2D eigenvalue weighted by Crippen LogP contribution is 2.24. The average molecular weight is 220 g/mol. The van der Waals surface area contributed by atoms with Gasteiger partial charge in [0.15, 0.2) is 5.78 Å². The quantitative estimate of drug-likeness (QED) is 0.733. The van der Waals surface area contributed by atoms with Crippen molar-refractivity contribution in [2.45, 2.75) is 19.4 Å². The first kappa shape index (κ1) is 11.1. The summed E-state index contributed by atoms with van der Waals surface area (Å²) in [7, 11) is 1.60. The van der Waals surface area contributed by atoms with E-state index in [1.54, 1.807) is 13.2 Å². The Kier molecular flexibility index (Phi) is 3.25. The number of ketones is 1. The Morgan fingerprint density at radius 2 is 2.31 bits per heavy atom. The summed E-state index contributed by atoms with van der Waals surface area (Å²) in [6, 6.07) is 7.29. The van der Waals surface area contributed by atoms with Gasteiger partial charge in [0.2, 0.25) is 0 Å². The lowest BCUT2D eigenvalue weighted by Gasteiger charge is -2.07. The van der Waals surface area contributed by atoms with E-state index < -0.39 is 0 Å². The van der Waals surface area contributed by atoms with Crippen LogP contribution in [0.5, 0.6) is 5.75 Å². The van der Waals surface area contributed by atoms with E-state index in [9.17, 15) is 4.79 Å². The van der Waals surface area contributed by atoms with E-state index >= 15 is 0 Å². The number of carbonyl (C=O) groups is 1. The third-order valence-corrected chi connectivity index (χ3v) is 2.92. The molecule has 1 aliphatic heterocycles. The molecule has 1 saturated heterocycles. The Hall–Kier alpha value is -1.35. The highest BCUT2D eigenvalue weighted by atomic mass is 16.5. The Labute approximate surface area is 95.4 Å². The summed E-state index contributed by atoms with van der Waals surface area (Å²) in [5.41, 5.74) is 0.710. The fraction of sp³-hybridized carbons (Fsp3) is 0.462. The van der Waals surface area contributed by atoms with Crippen LogP contribution in [-0.2, 0) is 4.74 Å². The van der Waals surface area contributed by atoms with Crippen molar-refractivity contribution in [1.82, 2.24) is 0 Å². The van der Waals surface area contributed by atoms with Crippen LogP contribution < -0.4 is 4.74 Å². The van der Waals surface area contributed by atoms with Crippen LogP contribution in [0.3, 0.4) is 0 Å². The van der Waals surface area contributed by atoms with Crippen molar-refractivity contribution in [3.05, 3.63) is 29.8 Å². The molecule has 1 fully saturated rings. The Morgan fingerprint density at radius 1 is 1.50 bits per heavy atom. The fourth-order valence-corrected chi connectivity index (χ4v) is 2.01. The van der Waals surface area contributed by atoms with Gasteiger partial charge in [-0.25, -0.2) is 0 Å². The van der Waals surface area contributed by atoms with Gasteiger partial charge in [-0.15, -0.1) is 0 Å². The van der Waals surface area contributed by atoms with E-state index in [0.29, 0.717) is 12.2 Å². The van der Waals surface area contributed by atoms with Gasteiger partial charge in [-0.2, -0.15) is 0 Å². The molecule has 2 rings (SSSR count). The maximum Gasteiger partial charge on any atom is 0.168 e. The van der Waals surface area contributed by atoms with Gasteiger partial charge in [0.25, 0.3) is 0 Å². The van der Waals surface area contributed by atoms with Gasteiger partial charge in [-0.1, -0.05) is 12.1 Å². The molecule has 16 heavy (non-hydrogen) atoms. The van der Waals surface area contributed by atoms with Crippen molar-refractivity contribution in [1.29, 1.82) is 0 Å². The zero-order valence-corrected chi connectivity index (χ0v) is 9.60. The van der Waals surface area contributed by atoms with E-state index in [-0.39, 0.29) is 17.8 Å². The van der Waals surface area contributed by atoms with Crippen molar-refractivity contribution in [2.75, 3.05) is 13.7 Å². The average Bonchev–Trinajstić information content (AvgIpc) is 2.75. The maximum atomic E-state index is 12.1. The summed E-state index contributed by atoms with van der Waals surface area (Å²) >= 11 is 0. The molecule has 0 aliphatic carbocycles. The van der Waals surface area contributed by atoms with Crippen LogP contribution in [0.4, 0.5) is 0 Å². The predicted molar refractivity (Wildman–Crippen MR) is 60.8 cm³/mol. The summed E-state index contributed by atoms with van der Waals surface area (Å²) in [6.45, 7) is 2.54. The SMILES string of the molecule is COc1cccc(C(=O)C2COC(C)C2)c1. The number of carbonyl (C=O) groups excluding carboxylic acids is 1. The highest BCUT2D eigenvalue weighted by Gasteiger charge is 2.28. The number of ether oxygens (including phenoxy) is 2. The first-order chi connectivity index (χ1) is 7.70. The van der Waals surface area contributed by atoms with Gasteiger partial charge in [0.05, 0.1) is 19.8 Å². The summed E-state index contributed by atoms with van der Waals surface area (Å²) in [5.74, 6) is 0.878. The Bertz CT molecular complexity index is 387. The molecule has 0 N–H and O–H groups in total. The van der Waals surface area contributed by atoms with Gasteiger partial charge in [-0.3, -0.25) is 4.79 Å². The fourth-order valence-electron chi connectivity index (χ4n) is 2.01. The van der Waals surface area contributed by atoms with E-state index in [2.05, 4.69) is 0 Å². The van der Waals surface area contributed by atoms with E-state index in [1.807, 2.05) is 25.1 Å². The van der Waals surface area contributed by atoms with Gasteiger partial charge in [0.1, 0.15) is 5.75 Å². The lowest BCUT2D eigenvalue weighted by molar-refractivity contribution is 0.0877. The van der Waals surface area contributed by atoms with Crippen LogP contribution in [0.1, 0.15) is 23.7 Å². The molecule has 1 aromatic carbocycles. The van der Waals surface area contributed by atoms with Gasteiger partial charge < -0.3 is 9.47 Å². The minimum Gasteiger partial charge on any atom is -0.497 e. The molecule has 0 saturated carbocycles. The molecule has 0 radical (unpaired) electrons. The van der Waals surface area contributed by atoms with Crippen molar-refractivity contribution in [3.63, 3.8) is 0 Å². The van der Waals surface area contributed by atoms with Crippen molar-refractivity contribution >= 4 is 5.78 Å². The Balaban J connectivity index is 2.14. The molecule has 1 aromatic rings. The molecule has 0 amide bonds. The molecular weight excluding hydrogens is 204 g/mol. The molecule has 0 bridgehead atoms. The summed E-state index contributed by atoms with van der Waals surface area (Å²) in [4.78, 5) is 12.1. The number of Topliss-reactive ketones (excluding diaryl/α,β-unsaturated/α-hetero) is 1. The van der Waals surface area contributed by atoms with E-state index in [4.69, 9.17) is 9.47 Å². The van der Waals surface area contributed by atoms with Crippen LogP contribution in [-0.4, -0.2) is 25.6 Å². The summed E-state index contributed by atoms with van der Waals surface area (Å²) in [6.07, 6.45) is 1.01. The smallest absolute Gasteiger partial charge is 0.168 e. The normalized spacial score (nSPS) is 24.4. The number of hydrogen-bond acceptors (Lipinski definition) is 3. The van der Waals surface area contributed by atoms with Crippen LogP contribution in [0, 0.1) is 5.92 Å². The molecule has 0 spiro atoms. The van der Waals surface area contributed by atoms with Crippen LogP contribution in [0.25, 0.3) is 0 Å². The molecule has 2 unspecified atom stereocenters. The third-order valence-electron chi connectivity index (χ3n) is 2.92. The minimum atomic E-state index is 0.00195. The van der Waals surface area contributed by atoms with E-state index in [1.165, 1.54) is 0 Å². The second-order valence-electron chi connectivity index (χ2n) is 4.17. The van der Waals surface area contributed by atoms with Crippen LogP contribution >= 0.6 is 0 Å². The second-order valence-corrected chi connectivity index (χ2v) is 4.17. The van der Waals surface area contributed by atoms with Gasteiger partial charge in [0, 0.05) is 11.5 Å². The van der Waals surface area contributed by atoms with E-state index in [0.717, 1.165) is 12.2 Å². The summed E-state index contributed by atoms with van der Waals surface area (Å²) < 4.78 is 10.5. The molecular formula is C13H16O3. The molecule has 3 heteroatoms. The number of rotatable bonds is 3. The minimum absolute atomic E-state index is 0.00195. The zero-order chi connectivity index (χ0) is 11.5. The van der Waals surface area contributed by atoms with Crippen LogP contribution in [0.2, 0.25) is 0 Å². The monoisotopic (exact) mass is 220 g/mol. The van der Waals surface area contributed by atoms with Crippen LogP contribution in [0.15, 0.2) is 24.3 Å². The second kappa shape index (κ2) is 4.66. The van der Waals surface area contributed by atoms with Crippen molar-refractivity contribution < 1.29 is 14.3 Å². The topological polar surface area (TPSA) is 35.5 Å². The highest BCUT2D eigenvalue weighted by molar-refractivity contribution is 5.98. The van der Waals surface area contributed by atoms with Gasteiger partial charge in [-0.05, 0) is 25.5 Å². The Morgan fingerprint density at radius 3 is 2.94 bits per heavy atom. The molecule has 86 valence electrons. The standard InChI is InChI=1S/C13H16O3/c1-9-6-11(8-16-9)13(14)10-4-3-5-12(7-10)15-2/h3-5,7,9,11H,6,8H2,1-2H3. The van der Waals surface area contributed by atoms with Gasteiger partial charge >= 0.3 is 0 Å². The first-order valence-corrected chi connectivity index (χ1v) is 5.50. The molecule has 1 aliphatic rings. The molecule has 3 nitrogen and oxygen atoms in total. The van der Waals surface area contributed by atoms with Crippen molar-refractivity contribution in [2.24, 2.45) is 5.92 Å².